The summed E-state index contributed by atoms with van der Waals surface area (Å²) in [5.41, 5.74) is 1.76. The Hall–Kier alpha value is -1.22. The van der Waals surface area contributed by atoms with Crippen molar-refractivity contribution >= 4 is 50.7 Å². The Morgan fingerprint density at radius 3 is 2.79 bits per heavy atom. The van der Waals surface area contributed by atoms with Crippen LogP contribution in [0.3, 0.4) is 0 Å². The van der Waals surface area contributed by atoms with Gasteiger partial charge in [-0.05, 0) is 103 Å². The first-order valence-electron chi connectivity index (χ1n) is 9.71. The molecule has 0 saturated heterocycles. The summed E-state index contributed by atoms with van der Waals surface area (Å²) < 4.78 is 18.3. The van der Waals surface area contributed by atoms with Gasteiger partial charge in [0.2, 0.25) is 0 Å². The maximum Gasteiger partial charge on any atom is 0.407 e. The van der Waals surface area contributed by atoms with Crippen LogP contribution in [0.25, 0.3) is 6.08 Å². The van der Waals surface area contributed by atoms with Crippen molar-refractivity contribution < 1.29 is 19.0 Å². The molecule has 0 radical (unpaired) electrons. The number of rotatable bonds is 7. The van der Waals surface area contributed by atoms with Gasteiger partial charge in [0.05, 0.1) is 10.7 Å². The third kappa shape index (κ3) is 7.51. The second-order valence-corrected chi connectivity index (χ2v) is 9.40. The number of ether oxygens (including phenoxy) is 3. The summed E-state index contributed by atoms with van der Waals surface area (Å²) in [5, 5.41) is 2.83. The molecule has 0 fully saturated rings. The average molecular weight is 578 g/mol. The summed E-state index contributed by atoms with van der Waals surface area (Å²) in [5.74, 6) is 1.48. The summed E-state index contributed by atoms with van der Waals surface area (Å²) in [7, 11) is 1.65. The molecule has 1 N–H and O–H groups in total. The van der Waals surface area contributed by atoms with Crippen LogP contribution in [0.5, 0.6) is 11.5 Å². The molecule has 160 valence electrons. The molecule has 1 amide bonds. The minimum absolute atomic E-state index is 0.0326. The van der Waals surface area contributed by atoms with E-state index in [-0.39, 0.29) is 6.10 Å². The highest BCUT2D eigenvalue weighted by atomic mass is 127. The number of benzene rings is 1. The fraction of sp³-hybridized carbons (Fsp3) is 0.500. The number of methoxy groups -OCH3 is 1. The second kappa shape index (κ2) is 11.2. The van der Waals surface area contributed by atoms with Crippen LogP contribution in [0.2, 0.25) is 0 Å². The quantitative estimate of drug-likeness (QED) is 0.299. The maximum atomic E-state index is 11.9. The van der Waals surface area contributed by atoms with Gasteiger partial charge in [-0.3, -0.25) is 0 Å². The molecule has 7 heteroatoms. The van der Waals surface area contributed by atoms with Gasteiger partial charge in [-0.1, -0.05) is 22.0 Å². The van der Waals surface area contributed by atoms with E-state index >= 15 is 0 Å². The van der Waals surface area contributed by atoms with Crippen LogP contribution in [0.1, 0.15) is 52.0 Å². The summed E-state index contributed by atoms with van der Waals surface area (Å²) in [6, 6.07) is 3.93. The molecule has 1 aliphatic rings. The van der Waals surface area contributed by atoms with Gasteiger partial charge in [0.1, 0.15) is 11.7 Å². The lowest BCUT2D eigenvalue weighted by molar-refractivity contribution is 0.0527. The molecule has 0 unspecified atom stereocenters. The van der Waals surface area contributed by atoms with Crippen molar-refractivity contribution in [1.82, 2.24) is 5.32 Å². The Balaban J connectivity index is 2.08. The van der Waals surface area contributed by atoms with Crippen molar-refractivity contribution in [3.05, 3.63) is 37.9 Å². The SMILES string of the molecule is COc1ccc(/C=C\Br)c(I)c1O[C@H]1CCCC=C1CCNC(=O)OC(C)(C)C. The number of hydrogen-bond donors (Lipinski definition) is 1. The third-order valence-electron chi connectivity index (χ3n) is 4.39. The fourth-order valence-corrected chi connectivity index (χ4v) is 4.13. The van der Waals surface area contributed by atoms with Crippen molar-refractivity contribution in [1.29, 1.82) is 0 Å². The van der Waals surface area contributed by atoms with Crippen LogP contribution < -0.4 is 14.8 Å². The van der Waals surface area contributed by atoms with Crippen molar-refractivity contribution in [3.63, 3.8) is 0 Å². The molecule has 0 aromatic heterocycles. The maximum absolute atomic E-state index is 11.9. The van der Waals surface area contributed by atoms with Crippen LogP contribution in [0.4, 0.5) is 4.79 Å². The van der Waals surface area contributed by atoms with E-state index in [1.54, 1.807) is 7.11 Å². The normalized spacial score (nSPS) is 17.0. The molecule has 2 rings (SSSR count). The summed E-state index contributed by atoms with van der Waals surface area (Å²) in [6.45, 7) is 6.08. The predicted octanol–water partition coefficient (Wildman–Crippen LogP) is 6.44. The van der Waals surface area contributed by atoms with E-state index < -0.39 is 11.7 Å². The lowest BCUT2D eigenvalue weighted by Gasteiger charge is -2.27. The van der Waals surface area contributed by atoms with E-state index in [9.17, 15) is 4.79 Å². The highest BCUT2D eigenvalue weighted by Crippen LogP contribution is 2.38. The smallest absolute Gasteiger partial charge is 0.407 e. The Morgan fingerprint density at radius 1 is 1.38 bits per heavy atom. The lowest BCUT2D eigenvalue weighted by atomic mass is 9.94. The largest absolute Gasteiger partial charge is 0.493 e. The van der Waals surface area contributed by atoms with E-state index in [1.165, 1.54) is 5.57 Å². The van der Waals surface area contributed by atoms with Gasteiger partial charge in [0.15, 0.2) is 11.5 Å². The van der Waals surface area contributed by atoms with Gasteiger partial charge >= 0.3 is 6.09 Å². The molecular formula is C22H29BrINO4. The van der Waals surface area contributed by atoms with Crippen molar-refractivity contribution in [2.24, 2.45) is 0 Å². The standard InChI is InChI=1S/C22H29BrINO4/c1-22(2,3)29-21(26)25-14-12-15-7-5-6-8-17(15)28-20-18(27-4)10-9-16(11-13-23)19(20)24/h7,9-11,13,17H,5-6,8,12,14H2,1-4H3,(H,25,26)/b13-11-/t17-/m0/s1. The Bertz CT molecular complexity index is 771. The van der Waals surface area contributed by atoms with Crippen molar-refractivity contribution in [3.8, 4) is 11.5 Å². The Morgan fingerprint density at radius 2 is 2.14 bits per heavy atom. The second-order valence-electron chi connectivity index (χ2n) is 7.79. The number of allylic oxidation sites excluding steroid dienone is 1. The zero-order valence-corrected chi connectivity index (χ0v) is 21.1. The molecular weight excluding hydrogens is 549 g/mol. The van der Waals surface area contributed by atoms with E-state index in [1.807, 2.05) is 44.0 Å². The number of halogens is 2. The van der Waals surface area contributed by atoms with Gasteiger partial charge in [-0.25, -0.2) is 4.79 Å². The highest BCUT2D eigenvalue weighted by Gasteiger charge is 2.23. The first-order valence-corrected chi connectivity index (χ1v) is 11.7. The molecule has 0 aliphatic heterocycles. The first kappa shape index (κ1) is 24.1. The number of hydrogen-bond acceptors (Lipinski definition) is 4. The fourth-order valence-electron chi connectivity index (χ4n) is 3.09. The van der Waals surface area contributed by atoms with Crippen LogP contribution in [-0.4, -0.2) is 31.5 Å². The molecule has 0 spiro atoms. The zero-order valence-electron chi connectivity index (χ0n) is 17.4. The van der Waals surface area contributed by atoms with Crippen LogP contribution in [0, 0.1) is 3.57 Å². The average Bonchev–Trinajstić information content (AvgIpc) is 2.65. The first-order chi connectivity index (χ1) is 13.7. The van der Waals surface area contributed by atoms with Crippen LogP contribution in [-0.2, 0) is 4.74 Å². The van der Waals surface area contributed by atoms with Crippen molar-refractivity contribution in [2.75, 3.05) is 13.7 Å². The molecule has 29 heavy (non-hydrogen) atoms. The predicted molar refractivity (Wildman–Crippen MR) is 129 cm³/mol. The summed E-state index contributed by atoms with van der Waals surface area (Å²) in [4.78, 5) is 13.7. The molecule has 1 aromatic rings. The molecule has 0 bridgehead atoms. The summed E-state index contributed by atoms with van der Waals surface area (Å²) >= 11 is 5.63. The number of carbonyl (C=O) groups is 1. The lowest BCUT2D eigenvalue weighted by Crippen LogP contribution is -2.34. The highest BCUT2D eigenvalue weighted by molar-refractivity contribution is 14.1. The molecule has 1 aromatic carbocycles. The number of nitrogens with one attached hydrogen (secondary N) is 1. The number of amides is 1. The number of carbonyl (C=O) groups excluding carboxylic acids is 1. The van der Waals surface area contributed by atoms with Gasteiger partial charge in [-0.2, -0.15) is 0 Å². The minimum Gasteiger partial charge on any atom is -0.493 e. The van der Waals surface area contributed by atoms with E-state index in [0.717, 1.165) is 46.3 Å². The van der Waals surface area contributed by atoms with E-state index in [2.05, 4.69) is 49.9 Å². The topological polar surface area (TPSA) is 56.8 Å². The van der Waals surface area contributed by atoms with Gasteiger partial charge < -0.3 is 19.5 Å². The summed E-state index contributed by atoms with van der Waals surface area (Å²) in [6.07, 6.45) is 7.56. The minimum atomic E-state index is -0.498. The Labute approximate surface area is 195 Å². The molecule has 1 aliphatic carbocycles. The van der Waals surface area contributed by atoms with Crippen molar-refractivity contribution in [2.45, 2.75) is 58.2 Å². The third-order valence-corrected chi connectivity index (χ3v) is 5.76. The van der Waals surface area contributed by atoms with Crippen LogP contribution >= 0.6 is 38.5 Å². The Kier molecular flexibility index (Phi) is 9.33. The molecule has 0 saturated carbocycles. The van der Waals surface area contributed by atoms with Gasteiger partial charge in [0.25, 0.3) is 0 Å². The molecule has 5 nitrogen and oxygen atoms in total. The monoisotopic (exact) mass is 577 g/mol. The van der Waals surface area contributed by atoms with E-state index in [4.69, 9.17) is 14.2 Å². The van der Waals surface area contributed by atoms with Crippen LogP contribution in [0.15, 0.2) is 28.8 Å². The molecule has 1 atom stereocenters. The molecule has 0 heterocycles. The van der Waals surface area contributed by atoms with Gasteiger partial charge in [0, 0.05) is 6.54 Å². The van der Waals surface area contributed by atoms with E-state index in [0.29, 0.717) is 6.54 Å². The number of alkyl carbamates (subject to hydrolysis) is 1. The van der Waals surface area contributed by atoms with Gasteiger partial charge in [-0.15, -0.1) is 0 Å². The zero-order chi connectivity index (χ0) is 21.4.